The molecule has 4 nitrogen and oxygen atoms in total. The number of benzene rings is 2. The Morgan fingerprint density at radius 2 is 1.75 bits per heavy atom. The third-order valence-corrected chi connectivity index (χ3v) is 3.04. The van der Waals surface area contributed by atoms with Gasteiger partial charge in [-0.2, -0.15) is 0 Å². The van der Waals surface area contributed by atoms with E-state index in [9.17, 15) is 0 Å². The molecule has 2 aromatic rings. The van der Waals surface area contributed by atoms with Gasteiger partial charge in [0.1, 0.15) is 5.69 Å². The van der Waals surface area contributed by atoms with E-state index in [2.05, 4.69) is 5.32 Å². The molecule has 0 bridgehead atoms. The molecule has 0 radical (unpaired) electrons. The standard InChI is InChI=1S/C16H17NO3/c1-3-18-14-10-9-13-15(16(14)19-4-2)17-11-7-5-6-8-12(11)20-13/h5-10,17H,3-4H2,1-2H3. The summed E-state index contributed by atoms with van der Waals surface area (Å²) >= 11 is 0. The van der Waals surface area contributed by atoms with E-state index in [-0.39, 0.29) is 0 Å². The van der Waals surface area contributed by atoms with Gasteiger partial charge in [-0.15, -0.1) is 0 Å². The smallest absolute Gasteiger partial charge is 0.188 e. The van der Waals surface area contributed by atoms with E-state index >= 15 is 0 Å². The highest BCUT2D eigenvalue weighted by atomic mass is 16.5. The third kappa shape index (κ3) is 2.13. The minimum absolute atomic E-state index is 0.569. The van der Waals surface area contributed by atoms with Gasteiger partial charge in [0.2, 0.25) is 0 Å². The van der Waals surface area contributed by atoms with Crippen LogP contribution < -0.4 is 19.5 Å². The van der Waals surface area contributed by atoms with Crippen molar-refractivity contribution in [3.8, 4) is 23.0 Å². The molecule has 20 heavy (non-hydrogen) atoms. The van der Waals surface area contributed by atoms with E-state index < -0.39 is 0 Å². The van der Waals surface area contributed by atoms with Gasteiger partial charge in [-0.3, -0.25) is 0 Å². The van der Waals surface area contributed by atoms with Crippen LogP contribution in [0.2, 0.25) is 0 Å². The summed E-state index contributed by atoms with van der Waals surface area (Å²) in [7, 11) is 0. The minimum Gasteiger partial charge on any atom is -0.490 e. The monoisotopic (exact) mass is 271 g/mol. The zero-order chi connectivity index (χ0) is 13.9. The largest absolute Gasteiger partial charge is 0.490 e. The normalized spacial score (nSPS) is 11.7. The van der Waals surface area contributed by atoms with Crippen LogP contribution in [0, 0.1) is 0 Å². The Bertz CT molecular complexity index is 625. The van der Waals surface area contributed by atoms with E-state index in [1.807, 2.05) is 50.2 Å². The molecule has 0 fully saturated rings. The van der Waals surface area contributed by atoms with Crippen LogP contribution in [0.15, 0.2) is 36.4 Å². The SMILES string of the molecule is CCOc1ccc2c(c1OCC)Nc1ccccc1O2. The van der Waals surface area contributed by atoms with Gasteiger partial charge in [-0.1, -0.05) is 12.1 Å². The molecule has 0 saturated carbocycles. The summed E-state index contributed by atoms with van der Waals surface area (Å²) in [4.78, 5) is 0. The molecule has 0 saturated heterocycles. The van der Waals surface area contributed by atoms with Gasteiger partial charge < -0.3 is 19.5 Å². The van der Waals surface area contributed by atoms with Crippen LogP contribution in [0.4, 0.5) is 11.4 Å². The van der Waals surface area contributed by atoms with Crippen molar-refractivity contribution in [2.24, 2.45) is 0 Å². The Labute approximate surface area is 118 Å². The van der Waals surface area contributed by atoms with Crippen molar-refractivity contribution in [3.63, 3.8) is 0 Å². The number of ether oxygens (including phenoxy) is 3. The lowest BCUT2D eigenvalue weighted by molar-refractivity contribution is 0.287. The van der Waals surface area contributed by atoms with Crippen molar-refractivity contribution >= 4 is 11.4 Å². The summed E-state index contributed by atoms with van der Waals surface area (Å²) in [5.41, 5.74) is 1.74. The minimum atomic E-state index is 0.569. The molecular formula is C16H17NO3. The Morgan fingerprint density at radius 1 is 0.950 bits per heavy atom. The first-order chi connectivity index (χ1) is 9.83. The highest BCUT2D eigenvalue weighted by molar-refractivity contribution is 5.82. The quantitative estimate of drug-likeness (QED) is 0.766. The van der Waals surface area contributed by atoms with Gasteiger partial charge in [0.05, 0.1) is 18.9 Å². The van der Waals surface area contributed by atoms with Crippen LogP contribution in [0.3, 0.4) is 0 Å². The maximum atomic E-state index is 5.90. The van der Waals surface area contributed by atoms with E-state index in [1.54, 1.807) is 0 Å². The fraction of sp³-hybridized carbons (Fsp3) is 0.250. The number of nitrogens with one attached hydrogen (secondary N) is 1. The number of anilines is 2. The summed E-state index contributed by atoms with van der Waals surface area (Å²) in [6.07, 6.45) is 0. The van der Waals surface area contributed by atoms with Crippen LogP contribution in [0.25, 0.3) is 0 Å². The molecule has 104 valence electrons. The van der Waals surface area contributed by atoms with Crippen molar-refractivity contribution in [2.75, 3.05) is 18.5 Å². The molecule has 1 aliphatic heterocycles. The van der Waals surface area contributed by atoms with Crippen molar-refractivity contribution < 1.29 is 14.2 Å². The zero-order valence-corrected chi connectivity index (χ0v) is 11.6. The maximum Gasteiger partial charge on any atom is 0.188 e. The van der Waals surface area contributed by atoms with Crippen LogP contribution in [0.5, 0.6) is 23.0 Å². The molecule has 0 aliphatic carbocycles. The molecule has 1 N–H and O–H groups in total. The highest BCUT2D eigenvalue weighted by Crippen LogP contribution is 2.49. The van der Waals surface area contributed by atoms with Crippen molar-refractivity contribution in [2.45, 2.75) is 13.8 Å². The number of fused-ring (bicyclic) bond motifs is 2. The lowest BCUT2D eigenvalue weighted by atomic mass is 10.2. The van der Waals surface area contributed by atoms with Gasteiger partial charge >= 0.3 is 0 Å². The first kappa shape index (κ1) is 12.7. The number of rotatable bonds is 4. The predicted octanol–water partition coefficient (Wildman–Crippen LogP) is 4.33. The first-order valence-electron chi connectivity index (χ1n) is 6.80. The second kappa shape index (κ2) is 5.33. The van der Waals surface area contributed by atoms with Crippen molar-refractivity contribution in [1.82, 2.24) is 0 Å². The number of para-hydroxylation sites is 2. The molecule has 2 aromatic carbocycles. The summed E-state index contributed by atoms with van der Waals surface area (Å²) in [5.74, 6) is 2.98. The van der Waals surface area contributed by atoms with Crippen LogP contribution >= 0.6 is 0 Å². The predicted molar refractivity (Wildman–Crippen MR) is 78.6 cm³/mol. The highest BCUT2D eigenvalue weighted by Gasteiger charge is 2.22. The fourth-order valence-electron chi connectivity index (χ4n) is 2.22. The summed E-state index contributed by atoms with van der Waals surface area (Å²) in [6, 6.07) is 11.6. The van der Waals surface area contributed by atoms with Gasteiger partial charge in [0, 0.05) is 0 Å². The van der Waals surface area contributed by atoms with E-state index in [0.717, 1.165) is 28.6 Å². The molecule has 0 amide bonds. The summed E-state index contributed by atoms with van der Waals surface area (Å²) in [6.45, 7) is 5.07. The van der Waals surface area contributed by atoms with Crippen molar-refractivity contribution in [3.05, 3.63) is 36.4 Å². The Morgan fingerprint density at radius 3 is 2.55 bits per heavy atom. The van der Waals surface area contributed by atoms with Crippen LogP contribution in [0.1, 0.15) is 13.8 Å². The third-order valence-electron chi connectivity index (χ3n) is 3.04. The van der Waals surface area contributed by atoms with E-state index in [1.165, 1.54) is 0 Å². The number of hydrogen-bond acceptors (Lipinski definition) is 4. The van der Waals surface area contributed by atoms with Crippen molar-refractivity contribution in [1.29, 1.82) is 0 Å². The fourth-order valence-corrected chi connectivity index (χ4v) is 2.22. The maximum absolute atomic E-state index is 5.90. The zero-order valence-electron chi connectivity index (χ0n) is 11.6. The second-order valence-electron chi connectivity index (χ2n) is 4.36. The van der Waals surface area contributed by atoms with Gasteiger partial charge in [0.15, 0.2) is 23.0 Å². The van der Waals surface area contributed by atoms with E-state index in [0.29, 0.717) is 19.0 Å². The Hall–Kier alpha value is -2.36. The molecule has 1 aliphatic rings. The lowest BCUT2D eigenvalue weighted by Crippen LogP contribution is -2.07. The molecule has 3 rings (SSSR count). The molecule has 4 heteroatoms. The first-order valence-corrected chi connectivity index (χ1v) is 6.80. The molecule has 0 atom stereocenters. The number of hydrogen-bond donors (Lipinski definition) is 1. The molecule has 1 heterocycles. The topological polar surface area (TPSA) is 39.7 Å². The molecule has 0 unspecified atom stereocenters. The molecule has 0 spiro atoms. The average Bonchev–Trinajstić information content (AvgIpc) is 2.48. The lowest BCUT2D eigenvalue weighted by Gasteiger charge is -2.25. The van der Waals surface area contributed by atoms with E-state index in [4.69, 9.17) is 14.2 Å². The van der Waals surface area contributed by atoms with Gasteiger partial charge in [0.25, 0.3) is 0 Å². The Kier molecular flexibility index (Phi) is 3.37. The van der Waals surface area contributed by atoms with Crippen LogP contribution in [-0.4, -0.2) is 13.2 Å². The van der Waals surface area contributed by atoms with Crippen LogP contribution in [-0.2, 0) is 0 Å². The van der Waals surface area contributed by atoms with Gasteiger partial charge in [-0.05, 0) is 38.1 Å². The summed E-state index contributed by atoms with van der Waals surface area (Å²) in [5, 5.41) is 3.36. The Balaban J connectivity index is 2.06. The molecular weight excluding hydrogens is 254 g/mol. The second-order valence-corrected chi connectivity index (χ2v) is 4.36. The molecule has 0 aromatic heterocycles. The average molecular weight is 271 g/mol. The summed E-state index contributed by atoms with van der Waals surface area (Å²) < 4.78 is 17.3. The van der Waals surface area contributed by atoms with Gasteiger partial charge in [-0.25, -0.2) is 0 Å².